The van der Waals surface area contributed by atoms with Crippen LogP contribution in [0.15, 0.2) is 12.1 Å². The molecule has 1 aromatic carbocycles. The van der Waals surface area contributed by atoms with E-state index < -0.39 is 0 Å². The molecule has 2 nitrogen and oxygen atoms in total. The zero-order chi connectivity index (χ0) is 11.3. The van der Waals surface area contributed by atoms with E-state index >= 15 is 0 Å². The summed E-state index contributed by atoms with van der Waals surface area (Å²) >= 11 is 0. The fourth-order valence-electron chi connectivity index (χ4n) is 1.90. The van der Waals surface area contributed by atoms with Crippen LogP contribution in [0.3, 0.4) is 0 Å². The predicted octanol–water partition coefficient (Wildman–Crippen LogP) is 2.83. The van der Waals surface area contributed by atoms with Gasteiger partial charge in [-0.25, -0.2) is 0 Å². The van der Waals surface area contributed by atoms with Crippen LogP contribution in [-0.4, -0.2) is 13.4 Å². The number of aryl methyl sites for hydroxylation is 3. The minimum Gasteiger partial charge on any atom is -0.496 e. The van der Waals surface area contributed by atoms with Gasteiger partial charge in [-0.1, -0.05) is 17.7 Å². The monoisotopic (exact) mass is 206 g/mol. The molecular formula is C13H18O2. The van der Waals surface area contributed by atoms with Crippen LogP contribution in [0.5, 0.6) is 5.75 Å². The van der Waals surface area contributed by atoms with Gasteiger partial charge in [-0.05, 0) is 37.8 Å². The van der Waals surface area contributed by atoms with Crippen LogP contribution in [0.25, 0.3) is 0 Å². The van der Waals surface area contributed by atoms with E-state index in [2.05, 4.69) is 26.0 Å². The van der Waals surface area contributed by atoms with Crippen molar-refractivity contribution in [1.82, 2.24) is 0 Å². The van der Waals surface area contributed by atoms with Crippen LogP contribution in [-0.2, 0) is 11.2 Å². The van der Waals surface area contributed by atoms with Gasteiger partial charge in [0.05, 0.1) is 7.11 Å². The standard InChI is InChI=1S/C13H18O2/c1-10-8-11(2)13(15-3)12(9-10)6-4-5-7-14/h7-9H,4-6H2,1-3H3. The second-order valence-electron chi connectivity index (χ2n) is 3.83. The topological polar surface area (TPSA) is 26.3 Å². The van der Waals surface area contributed by atoms with Crippen molar-refractivity contribution in [3.63, 3.8) is 0 Å². The van der Waals surface area contributed by atoms with Crippen molar-refractivity contribution in [3.05, 3.63) is 28.8 Å². The molecular weight excluding hydrogens is 188 g/mol. The average molecular weight is 206 g/mol. The Hall–Kier alpha value is -1.31. The first-order valence-electron chi connectivity index (χ1n) is 5.26. The summed E-state index contributed by atoms with van der Waals surface area (Å²) in [5.41, 5.74) is 3.62. The predicted molar refractivity (Wildman–Crippen MR) is 61.5 cm³/mol. The second-order valence-corrected chi connectivity index (χ2v) is 3.83. The smallest absolute Gasteiger partial charge is 0.124 e. The van der Waals surface area contributed by atoms with Gasteiger partial charge in [-0.3, -0.25) is 0 Å². The largest absolute Gasteiger partial charge is 0.496 e. The zero-order valence-electron chi connectivity index (χ0n) is 9.67. The highest BCUT2D eigenvalue weighted by molar-refractivity contribution is 5.49. The number of carbonyl (C=O) groups is 1. The van der Waals surface area contributed by atoms with E-state index in [1.54, 1.807) is 7.11 Å². The first kappa shape index (κ1) is 11.8. The van der Waals surface area contributed by atoms with Crippen molar-refractivity contribution in [2.24, 2.45) is 0 Å². The van der Waals surface area contributed by atoms with Gasteiger partial charge in [0, 0.05) is 6.42 Å². The lowest BCUT2D eigenvalue weighted by molar-refractivity contribution is -0.107. The van der Waals surface area contributed by atoms with Crippen molar-refractivity contribution in [2.45, 2.75) is 33.1 Å². The maximum Gasteiger partial charge on any atom is 0.124 e. The van der Waals surface area contributed by atoms with Gasteiger partial charge in [0.1, 0.15) is 12.0 Å². The summed E-state index contributed by atoms with van der Waals surface area (Å²) in [4.78, 5) is 10.3. The molecule has 0 bridgehead atoms. The lowest BCUT2D eigenvalue weighted by Crippen LogP contribution is -1.96. The van der Waals surface area contributed by atoms with Gasteiger partial charge >= 0.3 is 0 Å². The molecule has 1 rings (SSSR count). The SMILES string of the molecule is COc1c(C)cc(C)cc1CCCC=O. The number of unbranched alkanes of at least 4 members (excludes halogenated alkanes) is 1. The molecule has 1 aromatic rings. The fraction of sp³-hybridized carbons (Fsp3) is 0.462. The molecule has 0 atom stereocenters. The lowest BCUT2D eigenvalue weighted by Gasteiger charge is -2.12. The molecule has 82 valence electrons. The Balaban J connectivity index is 2.88. The van der Waals surface area contributed by atoms with Crippen molar-refractivity contribution in [1.29, 1.82) is 0 Å². The van der Waals surface area contributed by atoms with E-state index in [4.69, 9.17) is 4.74 Å². The molecule has 0 aliphatic carbocycles. The van der Waals surface area contributed by atoms with Gasteiger partial charge in [-0.2, -0.15) is 0 Å². The number of rotatable bonds is 5. The number of hydrogen-bond acceptors (Lipinski definition) is 2. The molecule has 0 saturated heterocycles. The third-order valence-electron chi connectivity index (χ3n) is 2.47. The van der Waals surface area contributed by atoms with Crippen molar-refractivity contribution >= 4 is 6.29 Å². The normalized spacial score (nSPS) is 10.1. The molecule has 0 aliphatic heterocycles. The number of methoxy groups -OCH3 is 1. The highest BCUT2D eigenvalue weighted by Crippen LogP contribution is 2.26. The van der Waals surface area contributed by atoms with E-state index in [-0.39, 0.29) is 0 Å². The minimum absolute atomic E-state index is 0.621. The number of benzene rings is 1. The summed E-state index contributed by atoms with van der Waals surface area (Å²) in [6.45, 7) is 4.13. The summed E-state index contributed by atoms with van der Waals surface area (Å²) in [5.74, 6) is 0.964. The van der Waals surface area contributed by atoms with E-state index in [0.29, 0.717) is 6.42 Å². The van der Waals surface area contributed by atoms with E-state index in [1.165, 1.54) is 16.7 Å². The molecule has 0 fully saturated rings. The molecule has 0 heterocycles. The van der Waals surface area contributed by atoms with Gasteiger partial charge in [0.25, 0.3) is 0 Å². The van der Waals surface area contributed by atoms with Crippen LogP contribution in [0.2, 0.25) is 0 Å². The minimum atomic E-state index is 0.621. The maximum absolute atomic E-state index is 10.3. The summed E-state index contributed by atoms with van der Waals surface area (Å²) < 4.78 is 5.37. The van der Waals surface area contributed by atoms with Crippen LogP contribution in [0.1, 0.15) is 29.5 Å². The number of carbonyl (C=O) groups excluding carboxylic acids is 1. The van der Waals surface area contributed by atoms with E-state index in [1.807, 2.05) is 0 Å². The first-order valence-corrected chi connectivity index (χ1v) is 5.26. The maximum atomic E-state index is 10.3. The Morgan fingerprint density at radius 3 is 2.67 bits per heavy atom. The highest BCUT2D eigenvalue weighted by Gasteiger charge is 2.06. The zero-order valence-corrected chi connectivity index (χ0v) is 9.67. The summed E-state index contributed by atoms with van der Waals surface area (Å²) in [6.07, 6.45) is 3.39. The Labute approximate surface area is 91.3 Å². The van der Waals surface area contributed by atoms with Crippen molar-refractivity contribution in [2.75, 3.05) is 7.11 Å². The molecule has 0 aliphatic rings. The Bertz CT molecular complexity index is 343. The molecule has 0 radical (unpaired) electrons. The Morgan fingerprint density at radius 1 is 1.33 bits per heavy atom. The number of hydrogen-bond donors (Lipinski definition) is 0. The third-order valence-corrected chi connectivity index (χ3v) is 2.47. The molecule has 0 N–H and O–H groups in total. The Morgan fingerprint density at radius 2 is 2.07 bits per heavy atom. The summed E-state index contributed by atoms with van der Waals surface area (Å²) in [6, 6.07) is 4.25. The van der Waals surface area contributed by atoms with E-state index in [9.17, 15) is 4.79 Å². The van der Waals surface area contributed by atoms with Gasteiger partial charge in [0.2, 0.25) is 0 Å². The molecule has 15 heavy (non-hydrogen) atoms. The number of ether oxygens (including phenoxy) is 1. The van der Waals surface area contributed by atoms with Gasteiger partial charge < -0.3 is 9.53 Å². The highest BCUT2D eigenvalue weighted by atomic mass is 16.5. The van der Waals surface area contributed by atoms with E-state index in [0.717, 1.165) is 24.9 Å². The molecule has 0 amide bonds. The number of aldehydes is 1. The van der Waals surface area contributed by atoms with Crippen LogP contribution >= 0.6 is 0 Å². The van der Waals surface area contributed by atoms with Crippen LogP contribution < -0.4 is 4.74 Å². The first-order chi connectivity index (χ1) is 7.19. The van der Waals surface area contributed by atoms with Crippen LogP contribution in [0, 0.1) is 13.8 Å². The molecule has 0 saturated carbocycles. The summed E-state index contributed by atoms with van der Waals surface area (Å²) in [7, 11) is 1.70. The van der Waals surface area contributed by atoms with Crippen molar-refractivity contribution in [3.8, 4) is 5.75 Å². The second kappa shape index (κ2) is 5.54. The van der Waals surface area contributed by atoms with Gasteiger partial charge in [-0.15, -0.1) is 0 Å². The lowest BCUT2D eigenvalue weighted by atomic mass is 10.0. The quantitative estimate of drug-likeness (QED) is 0.547. The summed E-state index contributed by atoms with van der Waals surface area (Å²) in [5, 5.41) is 0. The van der Waals surface area contributed by atoms with Crippen LogP contribution in [0.4, 0.5) is 0 Å². The molecule has 0 aromatic heterocycles. The molecule has 2 heteroatoms. The third kappa shape index (κ3) is 3.08. The molecule has 0 spiro atoms. The van der Waals surface area contributed by atoms with Crippen molar-refractivity contribution < 1.29 is 9.53 Å². The Kier molecular flexibility index (Phi) is 4.35. The molecule has 0 unspecified atom stereocenters. The fourth-order valence-corrected chi connectivity index (χ4v) is 1.90. The van der Waals surface area contributed by atoms with Gasteiger partial charge in [0.15, 0.2) is 0 Å². The average Bonchev–Trinajstić information content (AvgIpc) is 2.17.